The highest BCUT2D eigenvalue weighted by Gasteiger charge is 2.42. The van der Waals surface area contributed by atoms with Crippen molar-refractivity contribution in [2.45, 2.75) is 44.7 Å². The molecule has 2 fully saturated rings. The predicted octanol–water partition coefficient (Wildman–Crippen LogP) is 1.45. The number of nitrogens with zero attached hydrogens (tertiary/aromatic N) is 3. The summed E-state index contributed by atoms with van der Waals surface area (Å²) < 4.78 is 35.0. The molecular formula is C21H28N4O5S. The average molecular weight is 449 g/mol. The van der Waals surface area contributed by atoms with Crippen molar-refractivity contribution in [3.8, 4) is 17.1 Å². The highest BCUT2D eigenvalue weighted by molar-refractivity contribution is 7.91. The number of aryl methyl sites for hydroxylation is 1. The molecule has 1 aromatic heterocycles. The van der Waals surface area contributed by atoms with Gasteiger partial charge >= 0.3 is 0 Å². The van der Waals surface area contributed by atoms with Crippen molar-refractivity contribution in [1.29, 1.82) is 0 Å². The summed E-state index contributed by atoms with van der Waals surface area (Å²) in [7, 11) is -3.14. The van der Waals surface area contributed by atoms with Gasteiger partial charge in [-0.3, -0.25) is 9.69 Å². The number of carbonyl (C=O) groups excluding carboxylic acids is 1. The fourth-order valence-electron chi connectivity index (χ4n) is 4.24. The van der Waals surface area contributed by atoms with Crippen LogP contribution in [0, 0.1) is 0 Å². The molecule has 2 aliphatic heterocycles. The van der Waals surface area contributed by atoms with E-state index in [0.29, 0.717) is 24.7 Å². The zero-order chi connectivity index (χ0) is 21.8. The summed E-state index contributed by atoms with van der Waals surface area (Å²) in [6.45, 7) is 4.30. The number of rotatable bonds is 8. The van der Waals surface area contributed by atoms with E-state index in [-0.39, 0.29) is 35.9 Å². The van der Waals surface area contributed by atoms with Gasteiger partial charge in [-0.05, 0) is 57.1 Å². The second-order valence-corrected chi connectivity index (χ2v) is 10.2. The Morgan fingerprint density at radius 3 is 2.68 bits per heavy atom. The standard InChI is InChI=1S/C21H28N4O5S/c1-2-29-16-7-5-15(6-8-16)21-23-20(30-24-21)10-9-19(26)22-17-13-31(27,28)14-18(17)25-11-3-4-12-25/h5-8,17-18H,2-4,9-14H2,1H3,(H,22,26). The van der Waals surface area contributed by atoms with E-state index in [1.165, 1.54) is 0 Å². The quantitative estimate of drug-likeness (QED) is 0.645. The molecule has 10 heteroatoms. The Morgan fingerprint density at radius 2 is 1.97 bits per heavy atom. The van der Waals surface area contributed by atoms with Crippen LogP contribution in [0.5, 0.6) is 5.75 Å². The van der Waals surface area contributed by atoms with Crippen LogP contribution in [0.1, 0.15) is 32.1 Å². The molecule has 2 aliphatic rings. The van der Waals surface area contributed by atoms with Gasteiger partial charge in [0, 0.05) is 24.4 Å². The Kier molecular flexibility index (Phi) is 6.57. The maximum Gasteiger partial charge on any atom is 0.227 e. The van der Waals surface area contributed by atoms with Crippen LogP contribution in [0.25, 0.3) is 11.4 Å². The summed E-state index contributed by atoms with van der Waals surface area (Å²) in [4.78, 5) is 19.0. The van der Waals surface area contributed by atoms with Crippen LogP contribution in [0.4, 0.5) is 0 Å². The Hall–Kier alpha value is -2.46. The zero-order valence-corrected chi connectivity index (χ0v) is 18.4. The van der Waals surface area contributed by atoms with E-state index in [1.54, 1.807) is 0 Å². The molecule has 3 heterocycles. The van der Waals surface area contributed by atoms with Gasteiger partial charge in [-0.2, -0.15) is 4.98 Å². The highest BCUT2D eigenvalue weighted by atomic mass is 32.2. The molecule has 4 rings (SSSR count). The van der Waals surface area contributed by atoms with Crippen molar-refractivity contribution in [2.75, 3.05) is 31.2 Å². The Morgan fingerprint density at radius 1 is 1.23 bits per heavy atom. The summed E-state index contributed by atoms with van der Waals surface area (Å²) in [5.41, 5.74) is 0.799. The molecule has 0 spiro atoms. The first kappa shape index (κ1) is 21.8. The van der Waals surface area contributed by atoms with Gasteiger partial charge < -0.3 is 14.6 Å². The molecule has 2 atom stereocenters. The maximum absolute atomic E-state index is 12.5. The SMILES string of the molecule is CCOc1ccc(-c2noc(CCC(=O)NC3CS(=O)(=O)CC3N3CCCC3)n2)cc1. The summed E-state index contributed by atoms with van der Waals surface area (Å²) in [5, 5.41) is 6.91. The van der Waals surface area contributed by atoms with E-state index in [4.69, 9.17) is 9.26 Å². The monoisotopic (exact) mass is 448 g/mol. The molecule has 0 bridgehead atoms. The fourth-order valence-corrected chi connectivity index (χ4v) is 6.19. The summed E-state index contributed by atoms with van der Waals surface area (Å²) in [5.74, 6) is 1.51. The minimum Gasteiger partial charge on any atom is -0.494 e. The van der Waals surface area contributed by atoms with E-state index >= 15 is 0 Å². The molecular weight excluding hydrogens is 420 g/mol. The number of sulfone groups is 1. The van der Waals surface area contributed by atoms with E-state index in [1.807, 2.05) is 31.2 Å². The number of hydrogen-bond donors (Lipinski definition) is 1. The van der Waals surface area contributed by atoms with Crippen molar-refractivity contribution in [3.63, 3.8) is 0 Å². The first-order chi connectivity index (χ1) is 14.9. The molecule has 168 valence electrons. The lowest BCUT2D eigenvalue weighted by Gasteiger charge is -2.28. The Bertz CT molecular complexity index is 999. The molecule has 1 aromatic carbocycles. The average Bonchev–Trinajstić information content (AvgIpc) is 3.47. The lowest BCUT2D eigenvalue weighted by Crippen LogP contribution is -2.50. The molecule has 31 heavy (non-hydrogen) atoms. The van der Waals surface area contributed by atoms with Gasteiger partial charge in [0.1, 0.15) is 5.75 Å². The Labute approximate surface area is 182 Å². The molecule has 0 radical (unpaired) electrons. The van der Waals surface area contributed by atoms with Crippen LogP contribution < -0.4 is 10.1 Å². The number of nitrogens with one attached hydrogen (secondary N) is 1. The maximum atomic E-state index is 12.5. The molecule has 1 N–H and O–H groups in total. The molecule has 1 amide bonds. The van der Waals surface area contributed by atoms with Crippen LogP contribution in [-0.2, 0) is 21.1 Å². The minimum absolute atomic E-state index is 0.00233. The van der Waals surface area contributed by atoms with Gasteiger partial charge in [-0.25, -0.2) is 8.42 Å². The third-order valence-electron chi connectivity index (χ3n) is 5.74. The van der Waals surface area contributed by atoms with E-state index in [0.717, 1.165) is 37.2 Å². The van der Waals surface area contributed by atoms with Crippen LogP contribution in [-0.4, -0.2) is 72.7 Å². The number of amides is 1. The lowest BCUT2D eigenvalue weighted by atomic mass is 10.1. The normalized spacial score (nSPS) is 23.1. The number of benzene rings is 1. The molecule has 2 unspecified atom stereocenters. The molecule has 0 saturated carbocycles. The van der Waals surface area contributed by atoms with E-state index in [9.17, 15) is 13.2 Å². The molecule has 2 saturated heterocycles. The first-order valence-electron chi connectivity index (χ1n) is 10.7. The van der Waals surface area contributed by atoms with Gasteiger partial charge in [0.05, 0.1) is 24.2 Å². The van der Waals surface area contributed by atoms with Crippen molar-refractivity contribution in [1.82, 2.24) is 20.4 Å². The lowest BCUT2D eigenvalue weighted by molar-refractivity contribution is -0.122. The van der Waals surface area contributed by atoms with Gasteiger partial charge in [0.2, 0.25) is 17.6 Å². The van der Waals surface area contributed by atoms with Gasteiger partial charge in [-0.15, -0.1) is 0 Å². The Balaban J connectivity index is 1.31. The molecule has 2 aromatic rings. The van der Waals surface area contributed by atoms with Crippen LogP contribution >= 0.6 is 0 Å². The first-order valence-corrected chi connectivity index (χ1v) is 12.6. The topological polar surface area (TPSA) is 115 Å². The molecule has 9 nitrogen and oxygen atoms in total. The molecule has 0 aliphatic carbocycles. The third-order valence-corrected chi connectivity index (χ3v) is 7.45. The van der Waals surface area contributed by atoms with E-state index in [2.05, 4.69) is 20.4 Å². The number of ether oxygens (including phenoxy) is 1. The van der Waals surface area contributed by atoms with Gasteiger partial charge in [0.25, 0.3) is 0 Å². The second-order valence-electron chi connectivity index (χ2n) is 8.03. The van der Waals surface area contributed by atoms with Gasteiger partial charge in [-0.1, -0.05) is 5.16 Å². The van der Waals surface area contributed by atoms with Crippen LogP contribution in [0.3, 0.4) is 0 Å². The minimum atomic E-state index is -3.14. The number of likely N-dealkylation sites (tertiary alicyclic amines) is 1. The largest absolute Gasteiger partial charge is 0.494 e. The van der Waals surface area contributed by atoms with Crippen molar-refractivity contribution >= 4 is 15.7 Å². The zero-order valence-electron chi connectivity index (χ0n) is 17.6. The van der Waals surface area contributed by atoms with Crippen LogP contribution in [0.15, 0.2) is 28.8 Å². The smallest absolute Gasteiger partial charge is 0.227 e. The highest BCUT2D eigenvalue weighted by Crippen LogP contribution is 2.23. The van der Waals surface area contributed by atoms with Gasteiger partial charge in [0.15, 0.2) is 9.84 Å². The van der Waals surface area contributed by atoms with E-state index < -0.39 is 9.84 Å². The van der Waals surface area contributed by atoms with Crippen molar-refractivity contribution in [3.05, 3.63) is 30.2 Å². The summed E-state index contributed by atoms with van der Waals surface area (Å²) in [6, 6.07) is 6.89. The number of hydrogen-bond acceptors (Lipinski definition) is 8. The number of carbonyl (C=O) groups is 1. The van der Waals surface area contributed by atoms with Crippen molar-refractivity contribution < 1.29 is 22.5 Å². The number of aromatic nitrogens is 2. The fraction of sp³-hybridized carbons (Fsp3) is 0.571. The van der Waals surface area contributed by atoms with Crippen molar-refractivity contribution in [2.24, 2.45) is 0 Å². The van der Waals surface area contributed by atoms with Crippen LogP contribution in [0.2, 0.25) is 0 Å². The predicted molar refractivity (Wildman–Crippen MR) is 114 cm³/mol. The second kappa shape index (κ2) is 9.35. The summed E-state index contributed by atoms with van der Waals surface area (Å²) >= 11 is 0. The third kappa shape index (κ3) is 5.43. The summed E-state index contributed by atoms with van der Waals surface area (Å²) in [6.07, 6.45) is 2.61.